The first-order valence-corrected chi connectivity index (χ1v) is 7.54. The Balaban J connectivity index is 1.82. The van der Waals surface area contributed by atoms with Crippen LogP contribution in [0.5, 0.6) is 0 Å². The van der Waals surface area contributed by atoms with Gasteiger partial charge in [0, 0.05) is 29.0 Å². The van der Waals surface area contributed by atoms with Crippen LogP contribution in [0.4, 0.5) is 0 Å². The third kappa shape index (κ3) is 2.05. The Morgan fingerprint density at radius 3 is 2.95 bits per heavy atom. The zero-order valence-corrected chi connectivity index (χ0v) is 12.0. The number of nitrogens with one attached hydrogen (secondary N) is 1. The number of hydrogen-bond acceptors (Lipinski definition) is 2. The summed E-state index contributed by atoms with van der Waals surface area (Å²) < 4.78 is 0. The summed E-state index contributed by atoms with van der Waals surface area (Å²) in [6.45, 7) is 0. The number of nitrogens with zero attached hydrogens (tertiary/aromatic N) is 1. The number of fused-ring (bicyclic) bond motifs is 3. The molecule has 0 aliphatic heterocycles. The van der Waals surface area contributed by atoms with Gasteiger partial charge >= 0.3 is 0 Å². The van der Waals surface area contributed by atoms with Crippen molar-refractivity contribution in [3.8, 4) is 0 Å². The SMILES string of the molecule is NC1(Cc2cccnc2)CCCc2c1[nH]c1ccccc21. The lowest BCUT2D eigenvalue weighted by molar-refractivity contribution is 0.361. The monoisotopic (exact) mass is 277 g/mol. The fraction of sp³-hybridized carbons (Fsp3) is 0.278. The molecular weight excluding hydrogens is 258 g/mol. The topological polar surface area (TPSA) is 54.7 Å². The van der Waals surface area contributed by atoms with Crippen LogP contribution in [-0.4, -0.2) is 9.97 Å². The zero-order chi connectivity index (χ0) is 14.3. The van der Waals surface area contributed by atoms with Crippen LogP contribution < -0.4 is 5.73 Å². The number of nitrogens with two attached hydrogens (primary N) is 1. The van der Waals surface area contributed by atoms with E-state index in [1.165, 1.54) is 27.7 Å². The molecule has 0 radical (unpaired) electrons. The van der Waals surface area contributed by atoms with Gasteiger partial charge in [-0.2, -0.15) is 0 Å². The molecule has 1 aliphatic carbocycles. The molecule has 1 atom stereocenters. The van der Waals surface area contributed by atoms with Gasteiger partial charge in [0.25, 0.3) is 0 Å². The Hall–Kier alpha value is -2.13. The minimum Gasteiger partial charge on any atom is -0.357 e. The molecule has 0 spiro atoms. The molecule has 2 heterocycles. The highest BCUT2D eigenvalue weighted by Gasteiger charge is 2.35. The van der Waals surface area contributed by atoms with Crippen molar-refractivity contribution >= 4 is 10.9 Å². The largest absolute Gasteiger partial charge is 0.357 e. The van der Waals surface area contributed by atoms with E-state index in [0.717, 1.165) is 25.7 Å². The lowest BCUT2D eigenvalue weighted by atomic mass is 9.77. The number of aromatic amines is 1. The average Bonchev–Trinajstić information content (AvgIpc) is 2.89. The van der Waals surface area contributed by atoms with E-state index in [1.54, 1.807) is 0 Å². The van der Waals surface area contributed by atoms with Crippen LogP contribution in [0.2, 0.25) is 0 Å². The maximum absolute atomic E-state index is 6.81. The van der Waals surface area contributed by atoms with Crippen molar-refractivity contribution in [2.75, 3.05) is 0 Å². The summed E-state index contributed by atoms with van der Waals surface area (Å²) in [7, 11) is 0. The third-order valence-electron chi connectivity index (χ3n) is 4.60. The van der Waals surface area contributed by atoms with Crippen LogP contribution >= 0.6 is 0 Å². The molecule has 1 unspecified atom stereocenters. The molecule has 2 aromatic heterocycles. The molecule has 3 heteroatoms. The number of hydrogen-bond donors (Lipinski definition) is 2. The number of benzene rings is 1. The van der Waals surface area contributed by atoms with Gasteiger partial charge in [-0.25, -0.2) is 0 Å². The van der Waals surface area contributed by atoms with Crippen LogP contribution in [0.15, 0.2) is 48.8 Å². The maximum atomic E-state index is 6.81. The summed E-state index contributed by atoms with van der Waals surface area (Å²) >= 11 is 0. The highest BCUT2D eigenvalue weighted by Crippen LogP contribution is 2.39. The fourth-order valence-corrected chi connectivity index (χ4v) is 3.63. The second-order valence-corrected chi connectivity index (χ2v) is 6.07. The molecule has 3 aromatic rings. The van der Waals surface area contributed by atoms with Crippen LogP contribution in [0.3, 0.4) is 0 Å². The third-order valence-corrected chi connectivity index (χ3v) is 4.60. The van der Waals surface area contributed by atoms with Crippen molar-refractivity contribution in [1.29, 1.82) is 0 Å². The number of para-hydroxylation sites is 1. The highest BCUT2D eigenvalue weighted by atomic mass is 14.9. The standard InChI is InChI=1S/C18H19N3/c19-18(11-13-5-4-10-20-12-13)9-3-7-15-14-6-1-2-8-16(14)21-17(15)18/h1-2,4-6,8,10,12,21H,3,7,9,11,19H2. The van der Waals surface area contributed by atoms with Gasteiger partial charge in [0.05, 0.1) is 5.54 Å². The van der Waals surface area contributed by atoms with Gasteiger partial charge in [0.15, 0.2) is 0 Å². The Labute approximate surface area is 124 Å². The van der Waals surface area contributed by atoms with E-state index in [2.05, 4.69) is 40.3 Å². The number of pyridine rings is 1. The van der Waals surface area contributed by atoms with Crippen molar-refractivity contribution in [3.63, 3.8) is 0 Å². The Bertz CT molecular complexity index is 776. The predicted molar refractivity (Wildman–Crippen MR) is 85.0 cm³/mol. The number of H-pyrrole nitrogens is 1. The number of rotatable bonds is 2. The molecule has 0 bridgehead atoms. The molecule has 21 heavy (non-hydrogen) atoms. The number of aromatic nitrogens is 2. The normalized spacial score (nSPS) is 21.4. The molecule has 4 rings (SSSR count). The van der Waals surface area contributed by atoms with E-state index in [-0.39, 0.29) is 5.54 Å². The predicted octanol–water partition coefficient (Wildman–Crippen LogP) is 3.30. The van der Waals surface area contributed by atoms with Gasteiger partial charge in [-0.05, 0) is 48.9 Å². The molecular formula is C18H19N3. The van der Waals surface area contributed by atoms with Gasteiger partial charge in [-0.1, -0.05) is 24.3 Å². The van der Waals surface area contributed by atoms with Crippen molar-refractivity contribution in [1.82, 2.24) is 9.97 Å². The zero-order valence-electron chi connectivity index (χ0n) is 12.0. The van der Waals surface area contributed by atoms with Crippen LogP contribution in [0.1, 0.15) is 29.7 Å². The highest BCUT2D eigenvalue weighted by molar-refractivity contribution is 5.85. The van der Waals surface area contributed by atoms with E-state index in [1.807, 2.05) is 18.5 Å². The van der Waals surface area contributed by atoms with E-state index in [0.29, 0.717) is 0 Å². The fourth-order valence-electron chi connectivity index (χ4n) is 3.63. The second kappa shape index (κ2) is 4.71. The Morgan fingerprint density at radius 1 is 1.19 bits per heavy atom. The average molecular weight is 277 g/mol. The van der Waals surface area contributed by atoms with Crippen LogP contribution in [-0.2, 0) is 18.4 Å². The first kappa shape index (κ1) is 12.6. The summed E-state index contributed by atoms with van der Waals surface area (Å²) in [5.41, 5.74) is 11.5. The molecule has 106 valence electrons. The molecule has 0 saturated heterocycles. The Kier molecular flexibility index (Phi) is 2.82. The summed E-state index contributed by atoms with van der Waals surface area (Å²) in [5.74, 6) is 0. The summed E-state index contributed by atoms with van der Waals surface area (Å²) in [5, 5.41) is 1.33. The van der Waals surface area contributed by atoms with Crippen molar-refractivity contribution < 1.29 is 0 Å². The van der Waals surface area contributed by atoms with Gasteiger partial charge in [-0.15, -0.1) is 0 Å². The Morgan fingerprint density at radius 2 is 2.10 bits per heavy atom. The molecule has 3 nitrogen and oxygen atoms in total. The lowest BCUT2D eigenvalue weighted by Gasteiger charge is -2.34. The maximum Gasteiger partial charge on any atom is 0.0606 e. The van der Waals surface area contributed by atoms with Crippen molar-refractivity contribution in [3.05, 3.63) is 65.6 Å². The first-order valence-electron chi connectivity index (χ1n) is 7.54. The van der Waals surface area contributed by atoms with Crippen molar-refractivity contribution in [2.45, 2.75) is 31.2 Å². The summed E-state index contributed by atoms with van der Waals surface area (Å²) in [6, 6.07) is 12.6. The lowest BCUT2D eigenvalue weighted by Crippen LogP contribution is -2.42. The minimum absolute atomic E-state index is 0.310. The first-order chi connectivity index (χ1) is 10.3. The molecule has 3 N–H and O–H groups in total. The van der Waals surface area contributed by atoms with E-state index >= 15 is 0 Å². The van der Waals surface area contributed by atoms with Gasteiger partial charge in [-0.3, -0.25) is 4.98 Å². The van der Waals surface area contributed by atoms with Gasteiger partial charge in [0.2, 0.25) is 0 Å². The molecule has 0 amide bonds. The van der Waals surface area contributed by atoms with E-state index < -0.39 is 0 Å². The van der Waals surface area contributed by atoms with E-state index in [9.17, 15) is 0 Å². The molecule has 1 aromatic carbocycles. The smallest absolute Gasteiger partial charge is 0.0606 e. The van der Waals surface area contributed by atoms with Crippen LogP contribution in [0, 0.1) is 0 Å². The van der Waals surface area contributed by atoms with Crippen LogP contribution in [0.25, 0.3) is 10.9 Å². The minimum atomic E-state index is -0.310. The van der Waals surface area contributed by atoms with Gasteiger partial charge in [0.1, 0.15) is 0 Å². The van der Waals surface area contributed by atoms with E-state index in [4.69, 9.17) is 5.73 Å². The quantitative estimate of drug-likeness (QED) is 0.755. The van der Waals surface area contributed by atoms with Crippen molar-refractivity contribution in [2.24, 2.45) is 5.73 Å². The van der Waals surface area contributed by atoms with Gasteiger partial charge < -0.3 is 10.7 Å². The molecule has 1 aliphatic rings. The molecule has 0 fully saturated rings. The summed E-state index contributed by atoms with van der Waals surface area (Å²) in [6.07, 6.45) is 7.84. The molecule has 0 saturated carbocycles. The number of aryl methyl sites for hydroxylation is 1. The summed E-state index contributed by atoms with van der Waals surface area (Å²) in [4.78, 5) is 7.80. The second-order valence-electron chi connectivity index (χ2n) is 6.07.